The first-order valence-corrected chi connectivity index (χ1v) is 8.49. The Morgan fingerprint density at radius 3 is 2.77 bits per heavy atom. The molecule has 0 atom stereocenters. The van der Waals surface area contributed by atoms with E-state index in [1.165, 1.54) is 12.8 Å². The lowest BCUT2D eigenvalue weighted by Crippen LogP contribution is -2.43. The zero-order chi connectivity index (χ0) is 16.5. The molecule has 6 nitrogen and oxygen atoms in total. The maximum atomic E-state index is 12.2. The van der Waals surface area contributed by atoms with Gasteiger partial charge in [-0.2, -0.15) is 0 Å². The zero-order valence-electron chi connectivity index (χ0n) is 14.5. The maximum Gasteiger partial charge on any atom is 0.276 e. The Balaban J connectivity index is 0.00000121. The van der Waals surface area contributed by atoms with Gasteiger partial charge in [0.1, 0.15) is 11.3 Å². The molecule has 2 aromatic rings. The highest BCUT2D eigenvalue weighted by Crippen LogP contribution is 2.24. The lowest BCUT2D eigenvalue weighted by atomic mass is 9.87. The maximum absolute atomic E-state index is 12.2. The quantitative estimate of drug-likeness (QED) is 0.681. The molecule has 1 saturated carbocycles. The Kier molecular flexibility index (Phi) is 6.67. The SMILES string of the molecule is CC1CCC(NC2=NC(=Cc3c[nH]c4ncccc34)C(=O)N2)CC1.Cl.Cl. The van der Waals surface area contributed by atoms with E-state index < -0.39 is 0 Å². The Morgan fingerprint density at radius 1 is 1.23 bits per heavy atom. The molecule has 0 aromatic carbocycles. The number of pyridine rings is 1. The van der Waals surface area contributed by atoms with Crippen LogP contribution in [0, 0.1) is 5.92 Å². The largest absolute Gasteiger partial charge is 0.353 e. The molecule has 0 radical (unpaired) electrons. The molecule has 0 spiro atoms. The fraction of sp³-hybridized carbons (Fsp3) is 0.389. The number of hydrogen-bond acceptors (Lipinski definition) is 4. The van der Waals surface area contributed by atoms with Crippen LogP contribution in [0.25, 0.3) is 17.1 Å². The van der Waals surface area contributed by atoms with Gasteiger partial charge >= 0.3 is 0 Å². The highest BCUT2D eigenvalue weighted by Gasteiger charge is 2.24. The summed E-state index contributed by atoms with van der Waals surface area (Å²) in [7, 11) is 0. The summed E-state index contributed by atoms with van der Waals surface area (Å²) in [6.07, 6.45) is 10.1. The van der Waals surface area contributed by atoms with Gasteiger partial charge in [0.25, 0.3) is 5.91 Å². The first-order valence-electron chi connectivity index (χ1n) is 8.49. The molecule has 2 aromatic heterocycles. The number of nitrogens with one attached hydrogen (secondary N) is 3. The molecule has 1 fully saturated rings. The lowest BCUT2D eigenvalue weighted by molar-refractivity contribution is -0.115. The van der Waals surface area contributed by atoms with Crippen molar-refractivity contribution in [3.63, 3.8) is 0 Å². The van der Waals surface area contributed by atoms with Crippen LogP contribution in [0.2, 0.25) is 0 Å². The van der Waals surface area contributed by atoms with E-state index in [-0.39, 0.29) is 30.7 Å². The first-order chi connectivity index (χ1) is 11.7. The van der Waals surface area contributed by atoms with Crippen molar-refractivity contribution in [1.29, 1.82) is 0 Å². The zero-order valence-corrected chi connectivity index (χ0v) is 16.1. The predicted octanol–water partition coefficient (Wildman–Crippen LogP) is 3.40. The Morgan fingerprint density at radius 2 is 2.00 bits per heavy atom. The van der Waals surface area contributed by atoms with Crippen molar-refractivity contribution in [3.8, 4) is 0 Å². The molecule has 26 heavy (non-hydrogen) atoms. The summed E-state index contributed by atoms with van der Waals surface area (Å²) in [4.78, 5) is 24.0. The number of carbonyl (C=O) groups excluding carboxylic acids is 1. The summed E-state index contributed by atoms with van der Waals surface area (Å²) in [5.74, 6) is 1.21. The predicted molar refractivity (Wildman–Crippen MR) is 109 cm³/mol. The highest BCUT2D eigenvalue weighted by molar-refractivity contribution is 6.14. The number of guanidine groups is 1. The second-order valence-electron chi connectivity index (χ2n) is 6.69. The lowest BCUT2D eigenvalue weighted by Gasteiger charge is -2.27. The highest BCUT2D eigenvalue weighted by atomic mass is 35.5. The van der Waals surface area contributed by atoms with Crippen molar-refractivity contribution in [3.05, 3.63) is 35.8 Å². The van der Waals surface area contributed by atoms with Crippen LogP contribution in [0.1, 0.15) is 38.2 Å². The van der Waals surface area contributed by atoms with Crippen molar-refractivity contribution in [1.82, 2.24) is 20.6 Å². The van der Waals surface area contributed by atoms with E-state index in [4.69, 9.17) is 0 Å². The standard InChI is InChI=1S/C18H21N5O.2ClH/c1-11-4-6-13(7-5-11)21-18-22-15(17(24)23-18)9-12-10-20-16-14(12)3-2-8-19-16;;/h2-3,8-11,13H,4-7H2,1H3,(H,19,20)(H2,21,22,23,24);2*1H. The molecule has 3 N–H and O–H groups in total. The first kappa shape index (κ1) is 20.3. The van der Waals surface area contributed by atoms with Gasteiger partial charge in [-0.1, -0.05) is 6.92 Å². The number of nitrogens with zero attached hydrogens (tertiary/aromatic N) is 2. The van der Waals surface area contributed by atoms with Crippen LogP contribution in [0.3, 0.4) is 0 Å². The molecule has 140 valence electrons. The van der Waals surface area contributed by atoms with Gasteiger partial charge in [0.15, 0.2) is 0 Å². The molecule has 8 heteroatoms. The molecule has 0 bridgehead atoms. The Labute approximate surface area is 164 Å². The number of H-pyrrole nitrogens is 1. The van der Waals surface area contributed by atoms with E-state index in [1.54, 1.807) is 12.3 Å². The smallest absolute Gasteiger partial charge is 0.276 e. The summed E-state index contributed by atoms with van der Waals surface area (Å²) < 4.78 is 0. The van der Waals surface area contributed by atoms with Crippen molar-refractivity contribution in [2.24, 2.45) is 10.9 Å². The van der Waals surface area contributed by atoms with E-state index in [1.807, 2.05) is 18.3 Å². The summed E-state index contributed by atoms with van der Waals surface area (Å²) in [6.45, 7) is 2.29. The average Bonchev–Trinajstić information content (AvgIpc) is 3.14. The van der Waals surface area contributed by atoms with Gasteiger partial charge in [-0.05, 0) is 49.8 Å². The summed E-state index contributed by atoms with van der Waals surface area (Å²) in [5.41, 5.74) is 2.15. The molecule has 2 aliphatic rings. The van der Waals surface area contributed by atoms with Crippen LogP contribution in [0.5, 0.6) is 0 Å². The minimum atomic E-state index is -0.167. The Bertz CT molecular complexity index is 837. The van der Waals surface area contributed by atoms with Crippen LogP contribution < -0.4 is 10.6 Å². The number of rotatable bonds is 2. The van der Waals surface area contributed by atoms with Crippen LogP contribution in [-0.2, 0) is 4.79 Å². The Hall–Kier alpha value is -2.05. The molecule has 1 amide bonds. The average molecular weight is 396 g/mol. The third-order valence-electron chi connectivity index (χ3n) is 4.83. The summed E-state index contributed by atoms with van der Waals surface area (Å²) >= 11 is 0. The van der Waals surface area contributed by atoms with Crippen molar-refractivity contribution < 1.29 is 4.79 Å². The third kappa shape index (κ3) is 4.19. The van der Waals surface area contributed by atoms with Crippen molar-refractivity contribution in [2.75, 3.05) is 0 Å². The summed E-state index contributed by atoms with van der Waals surface area (Å²) in [6, 6.07) is 4.26. The monoisotopic (exact) mass is 395 g/mol. The fourth-order valence-corrected chi connectivity index (χ4v) is 3.38. The molecule has 0 unspecified atom stereocenters. The van der Waals surface area contributed by atoms with Crippen LogP contribution in [0.15, 0.2) is 35.2 Å². The normalized spacial score (nSPS) is 23.8. The van der Waals surface area contributed by atoms with Crippen molar-refractivity contribution in [2.45, 2.75) is 38.6 Å². The molecule has 1 aliphatic heterocycles. The fourth-order valence-electron chi connectivity index (χ4n) is 3.38. The van der Waals surface area contributed by atoms with E-state index in [2.05, 4.69) is 32.5 Å². The molecule has 0 saturated heterocycles. The number of aliphatic imine (C=N–C) groups is 1. The van der Waals surface area contributed by atoms with Gasteiger partial charge in [0, 0.05) is 29.4 Å². The van der Waals surface area contributed by atoms with Crippen LogP contribution in [0.4, 0.5) is 0 Å². The van der Waals surface area contributed by atoms with Crippen LogP contribution >= 0.6 is 24.8 Å². The number of carbonyl (C=O) groups is 1. The number of amides is 1. The number of halogens is 2. The van der Waals surface area contributed by atoms with E-state index in [9.17, 15) is 4.79 Å². The van der Waals surface area contributed by atoms with E-state index >= 15 is 0 Å². The summed E-state index contributed by atoms with van der Waals surface area (Å²) in [5, 5.41) is 7.18. The van der Waals surface area contributed by atoms with Crippen molar-refractivity contribution >= 4 is 53.8 Å². The topological polar surface area (TPSA) is 82.2 Å². The van der Waals surface area contributed by atoms with Gasteiger partial charge in [0.2, 0.25) is 5.96 Å². The number of aromatic nitrogens is 2. The third-order valence-corrected chi connectivity index (χ3v) is 4.83. The molecule has 1 aliphatic carbocycles. The number of hydrogen-bond donors (Lipinski definition) is 3. The molecular formula is C18H23Cl2N5O. The van der Waals surface area contributed by atoms with Gasteiger partial charge in [0.05, 0.1) is 0 Å². The minimum Gasteiger partial charge on any atom is -0.353 e. The van der Waals surface area contributed by atoms with Gasteiger partial charge in [-0.25, -0.2) is 9.98 Å². The van der Waals surface area contributed by atoms with Crippen LogP contribution in [-0.4, -0.2) is 27.9 Å². The second kappa shape index (κ2) is 8.56. The minimum absolute atomic E-state index is 0. The van der Waals surface area contributed by atoms with Gasteiger partial charge < -0.3 is 10.3 Å². The molecular weight excluding hydrogens is 373 g/mol. The second-order valence-corrected chi connectivity index (χ2v) is 6.69. The molecule has 3 heterocycles. The van der Waals surface area contributed by atoms with E-state index in [0.717, 1.165) is 35.4 Å². The van der Waals surface area contributed by atoms with Gasteiger partial charge in [-0.15, -0.1) is 24.8 Å². The van der Waals surface area contributed by atoms with Gasteiger partial charge in [-0.3, -0.25) is 10.1 Å². The molecule has 4 rings (SSSR count). The number of fused-ring (bicyclic) bond motifs is 1. The van der Waals surface area contributed by atoms with E-state index in [0.29, 0.717) is 17.7 Å². The number of aromatic amines is 1.